The number of nitro benzene ring substituents is 1. The van der Waals surface area contributed by atoms with Gasteiger partial charge in [-0.25, -0.2) is 5.48 Å². The van der Waals surface area contributed by atoms with Crippen molar-refractivity contribution in [3.8, 4) is 5.75 Å². The molecule has 0 saturated carbocycles. The maximum atomic E-state index is 12.7. The van der Waals surface area contributed by atoms with Crippen LogP contribution in [0.2, 0.25) is 0 Å². The summed E-state index contributed by atoms with van der Waals surface area (Å²) in [6.07, 6.45) is 0. The number of aromatic hydroxyl groups is 1. The van der Waals surface area contributed by atoms with E-state index in [1.54, 1.807) is 29.7 Å². The van der Waals surface area contributed by atoms with Crippen molar-refractivity contribution in [3.63, 3.8) is 0 Å². The molecule has 27 heavy (non-hydrogen) atoms. The molecule has 9 nitrogen and oxygen atoms in total. The number of nitro groups is 1. The van der Waals surface area contributed by atoms with E-state index in [1.807, 2.05) is 0 Å². The van der Waals surface area contributed by atoms with E-state index in [0.29, 0.717) is 10.8 Å². The quantitative estimate of drug-likeness (QED) is 0.242. The van der Waals surface area contributed by atoms with E-state index in [-0.39, 0.29) is 22.5 Å². The fourth-order valence-corrected chi connectivity index (χ4v) is 2.71. The molecule has 0 aromatic heterocycles. The number of hydroxylamine groups is 1. The molecule has 0 aliphatic carbocycles. The van der Waals surface area contributed by atoms with Crippen LogP contribution in [0, 0.1) is 10.1 Å². The molecule has 4 N–H and O–H groups in total. The average molecular weight is 367 g/mol. The second kappa shape index (κ2) is 7.10. The van der Waals surface area contributed by atoms with E-state index in [0.717, 1.165) is 12.1 Å². The Kier molecular flexibility index (Phi) is 4.69. The van der Waals surface area contributed by atoms with Crippen LogP contribution < -0.4 is 10.8 Å². The summed E-state index contributed by atoms with van der Waals surface area (Å²) in [5.41, 5.74) is 1.42. The van der Waals surface area contributed by atoms with Gasteiger partial charge in [0.2, 0.25) is 0 Å². The topological polar surface area (TPSA) is 142 Å². The average Bonchev–Trinajstić information content (AvgIpc) is 2.67. The number of carbonyl (C=O) groups is 2. The fraction of sp³-hybridized carbons (Fsp3) is 0. The number of nitrogens with zero attached hydrogens (tertiary/aromatic N) is 1. The number of carbonyl (C=O) groups excluding carboxylic acids is 2. The third-order valence-electron chi connectivity index (χ3n) is 3.94. The summed E-state index contributed by atoms with van der Waals surface area (Å²) in [6.45, 7) is 0. The van der Waals surface area contributed by atoms with Crippen molar-refractivity contribution in [2.75, 3.05) is 5.32 Å². The number of hydrogen-bond acceptors (Lipinski definition) is 6. The number of rotatable bonds is 4. The molecule has 0 heterocycles. The molecule has 0 radical (unpaired) electrons. The summed E-state index contributed by atoms with van der Waals surface area (Å²) in [5.74, 6) is -1.88. The van der Waals surface area contributed by atoms with Gasteiger partial charge in [-0.15, -0.1) is 0 Å². The van der Waals surface area contributed by atoms with Crippen LogP contribution in [0.4, 0.5) is 11.4 Å². The maximum Gasteiger partial charge on any atom is 0.275 e. The zero-order valence-corrected chi connectivity index (χ0v) is 13.7. The highest BCUT2D eigenvalue weighted by atomic mass is 16.6. The molecule has 2 amide bonds. The summed E-state index contributed by atoms with van der Waals surface area (Å²) in [4.78, 5) is 34.7. The van der Waals surface area contributed by atoms with Gasteiger partial charge in [-0.05, 0) is 23.6 Å². The van der Waals surface area contributed by atoms with Crippen molar-refractivity contribution in [1.82, 2.24) is 5.48 Å². The summed E-state index contributed by atoms with van der Waals surface area (Å²) >= 11 is 0. The Hall–Kier alpha value is -3.98. The Morgan fingerprint density at radius 1 is 0.963 bits per heavy atom. The van der Waals surface area contributed by atoms with E-state index in [1.165, 1.54) is 18.2 Å². The SMILES string of the molecule is O=C(NO)c1cccc2cccc(C(=O)Nc3ccc([N+](=O)[O-])cc3O)c12. The lowest BCUT2D eigenvalue weighted by atomic mass is 9.98. The lowest BCUT2D eigenvalue weighted by molar-refractivity contribution is -0.384. The zero-order valence-electron chi connectivity index (χ0n) is 13.7. The van der Waals surface area contributed by atoms with Crippen LogP contribution in [0.1, 0.15) is 20.7 Å². The molecular weight excluding hydrogens is 354 g/mol. The third-order valence-corrected chi connectivity index (χ3v) is 3.94. The van der Waals surface area contributed by atoms with Crippen LogP contribution in [0.25, 0.3) is 10.8 Å². The fourth-order valence-electron chi connectivity index (χ4n) is 2.71. The smallest absolute Gasteiger partial charge is 0.275 e. The van der Waals surface area contributed by atoms with E-state index in [9.17, 15) is 24.8 Å². The highest BCUT2D eigenvalue weighted by molar-refractivity contribution is 6.18. The normalized spacial score (nSPS) is 10.4. The van der Waals surface area contributed by atoms with Crippen molar-refractivity contribution < 1.29 is 24.8 Å². The summed E-state index contributed by atoms with van der Waals surface area (Å²) in [6, 6.07) is 12.8. The van der Waals surface area contributed by atoms with E-state index >= 15 is 0 Å². The maximum absolute atomic E-state index is 12.7. The lowest BCUT2D eigenvalue weighted by Crippen LogP contribution is -2.20. The summed E-state index contributed by atoms with van der Waals surface area (Å²) in [5, 5.41) is 32.9. The van der Waals surface area contributed by atoms with E-state index in [4.69, 9.17) is 5.21 Å². The Labute approximate surface area is 152 Å². The predicted octanol–water partition coefficient (Wildman–Crippen LogP) is 2.82. The molecule has 0 saturated heterocycles. The lowest BCUT2D eigenvalue weighted by Gasteiger charge is -2.12. The van der Waals surface area contributed by atoms with Crippen molar-refractivity contribution in [2.24, 2.45) is 0 Å². The number of phenolic OH excluding ortho intramolecular Hbond substituents is 1. The van der Waals surface area contributed by atoms with Gasteiger partial charge < -0.3 is 10.4 Å². The zero-order chi connectivity index (χ0) is 19.6. The Morgan fingerprint density at radius 3 is 2.15 bits per heavy atom. The molecule has 0 unspecified atom stereocenters. The highest BCUT2D eigenvalue weighted by Gasteiger charge is 2.18. The number of amides is 2. The number of non-ortho nitro benzene ring substituents is 1. The third kappa shape index (κ3) is 3.39. The number of nitrogens with one attached hydrogen (secondary N) is 2. The number of fused-ring (bicyclic) bond motifs is 1. The Balaban J connectivity index is 2.04. The van der Waals surface area contributed by atoms with Crippen molar-refractivity contribution in [3.05, 3.63) is 75.8 Å². The minimum absolute atomic E-state index is 0.0216. The molecular formula is C18H13N3O6. The van der Waals surface area contributed by atoms with Gasteiger partial charge >= 0.3 is 0 Å². The van der Waals surface area contributed by atoms with Crippen LogP contribution in [-0.2, 0) is 0 Å². The minimum atomic E-state index is -0.779. The van der Waals surface area contributed by atoms with Crippen LogP contribution in [0.5, 0.6) is 5.75 Å². The largest absolute Gasteiger partial charge is 0.506 e. The van der Waals surface area contributed by atoms with Gasteiger partial charge in [0.05, 0.1) is 22.2 Å². The molecule has 0 aliphatic rings. The number of anilines is 1. The van der Waals surface area contributed by atoms with Crippen LogP contribution >= 0.6 is 0 Å². The minimum Gasteiger partial charge on any atom is -0.506 e. The molecule has 0 fully saturated rings. The molecule has 3 aromatic rings. The van der Waals surface area contributed by atoms with Crippen molar-refractivity contribution >= 4 is 34.0 Å². The van der Waals surface area contributed by atoms with Crippen molar-refractivity contribution in [2.45, 2.75) is 0 Å². The molecule has 9 heteroatoms. The van der Waals surface area contributed by atoms with Gasteiger partial charge in [0, 0.05) is 17.0 Å². The highest BCUT2D eigenvalue weighted by Crippen LogP contribution is 2.29. The second-order valence-electron chi connectivity index (χ2n) is 5.56. The first-order valence-electron chi connectivity index (χ1n) is 7.67. The standard InChI is InChI=1S/C18H13N3O6/c22-15-9-11(21(26)27)7-8-14(15)19-17(23)12-5-1-3-10-4-2-6-13(16(10)12)18(24)20-25/h1-9,22,25H,(H,19,23)(H,20,24). The first-order valence-corrected chi connectivity index (χ1v) is 7.67. The van der Waals surface area contributed by atoms with E-state index in [2.05, 4.69) is 5.32 Å². The van der Waals surface area contributed by atoms with Gasteiger partial charge in [0.25, 0.3) is 17.5 Å². The van der Waals surface area contributed by atoms with Crippen LogP contribution in [0.15, 0.2) is 54.6 Å². The van der Waals surface area contributed by atoms with Gasteiger partial charge in [-0.1, -0.05) is 24.3 Å². The molecule has 0 aliphatic heterocycles. The van der Waals surface area contributed by atoms with Gasteiger partial charge in [0.15, 0.2) is 0 Å². The molecule has 3 aromatic carbocycles. The molecule has 0 bridgehead atoms. The Morgan fingerprint density at radius 2 is 1.59 bits per heavy atom. The van der Waals surface area contributed by atoms with Crippen LogP contribution in [-0.4, -0.2) is 27.1 Å². The molecule has 136 valence electrons. The van der Waals surface area contributed by atoms with Gasteiger partial charge in [0.1, 0.15) is 5.75 Å². The monoisotopic (exact) mass is 367 g/mol. The number of hydrogen-bond donors (Lipinski definition) is 4. The number of phenols is 1. The molecule has 0 spiro atoms. The number of benzene rings is 3. The Bertz CT molecular complexity index is 1070. The van der Waals surface area contributed by atoms with Crippen LogP contribution in [0.3, 0.4) is 0 Å². The second-order valence-corrected chi connectivity index (χ2v) is 5.56. The molecule has 0 atom stereocenters. The first kappa shape index (κ1) is 17.8. The summed E-state index contributed by atoms with van der Waals surface area (Å²) in [7, 11) is 0. The van der Waals surface area contributed by atoms with E-state index < -0.39 is 22.5 Å². The molecule has 3 rings (SSSR count). The summed E-state index contributed by atoms with van der Waals surface area (Å²) < 4.78 is 0. The van der Waals surface area contributed by atoms with Gasteiger partial charge in [-0.2, -0.15) is 0 Å². The first-order chi connectivity index (χ1) is 12.9. The van der Waals surface area contributed by atoms with Gasteiger partial charge in [-0.3, -0.25) is 24.9 Å². The van der Waals surface area contributed by atoms with Crippen molar-refractivity contribution in [1.29, 1.82) is 0 Å². The predicted molar refractivity (Wildman–Crippen MR) is 95.9 cm³/mol.